The molecule has 4 unspecified atom stereocenters. The summed E-state index contributed by atoms with van der Waals surface area (Å²) in [4.78, 5) is 12.6. The third kappa shape index (κ3) is 44.1. The monoisotopic (exact) mass is 864 g/mol. The van der Waals surface area contributed by atoms with Crippen LogP contribution in [-0.2, 0) is 4.79 Å². The van der Waals surface area contributed by atoms with Crippen LogP contribution in [0.25, 0.3) is 0 Å². The highest BCUT2D eigenvalue weighted by Crippen LogP contribution is 2.18. The standard InChI is InChI=1S/C55H109NO5/c1-3-5-7-9-11-13-15-17-19-21-23-25-26-27-28-29-31-32-34-36-38-40-42-44-46-48-52(58)54(60)51(50-57)56-55(61)53(59)49-47-45-43-41-39-37-35-33-30-24-22-20-18-16-14-12-10-8-6-4-2/h30,33,51-54,57-60H,3-29,31-32,34-50H2,1-2H3,(H,56,61)/b33-30-. The Kier molecular flexibility index (Phi) is 49.3. The van der Waals surface area contributed by atoms with E-state index >= 15 is 0 Å². The van der Waals surface area contributed by atoms with Gasteiger partial charge in [-0.1, -0.05) is 276 Å². The van der Waals surface area contributed by atoms with E-state index in [1.54, 1.807) is 0 Å². The molecular weight excluding hydrogens is 755 g/mol. The molecule has 4 atom stereocenters. The highest BCUT2D eigenvalue weighted by atomic mass is 16.3. The number of hydrogen-bond donors (Lipinski definition) is 5. The summed E-state index contributed by atoms with van der Waals surface area (Å²) in [7, 11) is 0. The van der Waals surface area contributed by atoms with Crippen LogP contribution in [0.5, 0.6) is 0 Å². The number of rotatable bonds is 51. The molecule has 0 fully saturated rings. The van der Waals surface area contributed by atoms with E-state index in [2.05, 4.69) is 31.3 Å². The Labute approximate surface area is 381 Å². The molecule has 0 aromatic heterocycles. The lowest BCUT2D eigenvalue weighted by Crippen LogP contribution is -2.53. The summed E-state index contributed by atoms with van der Waals surface area (Å²) in [5.41, 5.74) is 0. The van der Waals surface area contributed by atoms with Gasteiger partial charge in [-0.15, -0.1) is 0 Å². The van der Waals surface area contributed by atoms with Crippen molar-refractivity contribution in [3.63, 3.8) is 0 Å². The number of unbranched alkanes of at least 4 members (excludes halogenated alkanes) is 40. The zero-order valence-corrected chi connectivity index (χ0v) is 41.2. The fraction of sp³-hybridized carbons (Fsp3) is 0.945. The highest BCUT2D eigenvalue weighted by molar-refractivity contribution is 5.80. The maximum Gasteiger partial charge on any atom is 0.249 e. The molecule has 0 aromatic rings. The van der Waals surface area contributed by atoms with Crippen LogP contribution < -0.4 is 5.32 Å². The van der Waals surface area contributed by atoms with E-state index in [9.17, 15) is 25.2 Å². The number of aliphatic hydroxyl groups is 4. The fourth-order valence-corrected chi connectivity index (χ4v) is 8.87. The average molecular weight is 864 g/mol. The maximum absolute atomic E-state index is 12.6. The van der Waals surface area contributed by atoms with Crippen LogP contribution in [-0.4, -0.2) is 57.3 Å². The molecule has 0 aromatic carbocycles. The Bertz CT molecular complexity index is 882. The fourth-order valence-electron chi connectivity index (χ4n) is 8.87. The van der Waals surface area contributed by atoms with Crippen LogP contribution in [0.4, 0.5) is 0 Å². The van der Waals surface area contributed by atoms with E-state index in [1.807, 2.05) is 0 Å². The predicted octanol–water partition coefficient (Wildman–Crippen LogP) is 15.7. The summed E-state index contributed by atoms with van der Waals surface area (Å²) in [6.07, 6.45) is 58.4. The summed E-state index contributed by atoms with van der Waals surface area (Å²) >= 11 is 0. The van der Waals surface area contributed by atoms with Gasteiger partial charge in [0.15, 0.2) is 0 Å². The Hall–Kier alpha value is -0.950. The van der Waals surface area contributed by atoms with Crippen LogP contribution in [0.15, 0.2) is 12.2 Å². The van der Waals surface area contributed by atoms with Crippen molar-refractivity contribution >= 4 is 5.91 Å². The number of amides is 1. The van der Waals surface area contributed by atoms with Crippen molar-refractivity contribution in [2.24, 2.45) is 0 Å². The number of carbonyl (C=O) groups is 1. The van der Waals surface area contributed by atoms with Crippen LogP contribution in [0, 0.1) is 0 Å². The van der Waals surface area contributed by atoms with Gasteiger partial charge in [-0.05, 0) is 38.5 Å². The number of nitrogens with one attached hydrogen (secondary N) is 1. The van der Waals surface area contributed by atoms with E-state index in [0.717, 1.165) is 44.9 Å². The Morgan fingerprint density at radius 1 is 0.393 bits per heavy atom. The third-order valence-electron chi connectivity index (χ3n) is 13.2. The minimum Gasteiger partial charge on any atom is -0.394 e. The van der Waals surface area contributed by atoms with Crippen molar-refractivity contribution in [3.05, 3.63) is 12.2 Å². The van der Waals surface area contributed by atoms with Gasteiger partial charge in [0, 0.05) is 0 Å². The van der Waals surface area contributed by atoms with Crippen molar-refractivity contribution in [1.29, 1.82) is 0 Å². The van der Waals surface area contributed by atoms with Crippen LogP contribution in [0.2, 0.25) is 0 Å². The van der Waals surface area contributed by atoms with E-state index in [-0.39, 0.29) is 0 Å². The molecule has 5 N–H and O–H groups in total. The summed E-state index contributed by atoms with van der Waals surface area (Å²) in [5.74, 6) is -0.583. The number of allylic oxidation sites excluding steroid dienone is 2. The second-order valence-corrected chi connectivity index (χ2v) is 19.3. The lowest BCUT2D eigenvalue weighted by atomic mass is 9.99. The smallest absolute Gasteiger partial charge is 0.249 e. The quantitative estimate of drug-likeness (QED) is 0.0309. The molecule has 0 saturated carbocycles. The van der Waals surface area contributed by atoms with Crippen molar-refractivity contribution < 1.29 is 25.2 Å². The van der Waals surface area contributed by atoms with Crippen molar-refractivity contribution in [1.82, 2.24) is 5.32 Å². The Morgan fingerprint density at radius 2 is 0.656 bits per heavy atom. The molecular formula is C55H109NO5. The molecule has 0 rings (SSSR count). The molecule has 0 aliphatic rings. The van der Waals surface area contributed by atoms with E-state index < -0.39 is 36.9 Å². The van der Waals surface area contributed by atoms with Gasteiger partial charge in [0.1, 0.15) is 12.2 Å². The zero-order chi connectivity index (χ0) is 44.5. The van der Waals surface area contributed by atoms with Gasteiger partial charge in [0.2, 0.25) is 5.91 Å². The first-order valence-electron chi connectivity index (χ1n) is 27.6. The van der Waals surface area contributed by atoms with Gasteiger partial charge in [0.05, 0.1) is 18.8 Å². The van der Waals surface area contributed by atoms with E-state index in [0.29, 0.717) is 12.8 Å². The molecule has 0 spiro atoms. The largest absolute Gasteiger partial charge is 0.394 e. The average Bonchev–Trinajstić information content (AvgIpc) is 3.26. The number of carbonyl (C=O) groups excluding carboxylic acids is 1. The minimum atomic E-state index is -1.26. The first kappa shape index (κ1) is 60.1. The molecule has 364 valence electrons. The third-order valence-corrected chi connectivity index (χ3v) is 13.2. The SMILES string of the molecule is CCCCCCCCCCCC/C=C\CCCCCCCCC(O)C(=O)NC(CO)C(O)C(O)CCCCCCCCCCCCCCCCCCCCCCCCCCC. The van der Waals surface area contributed by atoms with E-state index in [4.69, 9.17) is 0 Å². The van der Waals surface area contributed by atoms with Crippen molar-refractivity contribution in [2.75, 3.05) is 6.61 Å². The Balaban J connectivity index is 3.62. The second kappa shape index (κ2) is 50.1. The highest BCUT2D eigenvalue weighted by Gasteiger charge is 2.28. The molecule has 1 amide bonds. The van der Waals surface area contributed by atoms with Crippen molar-refractivity contribution in [3.8, 4) is 0 Å². The molecule has 0 saturated heterocycles. The van der Waals surface area contributed by atoms with Crippen LogP contribution in [0.1, 0.15) is 303 Å². The summed E-state index contributed by atoms with van der Waals surface area (Å²) in [6.45, 7) is 4.09. The molecule has 61 heavy (non-hydrogen) atoms. The normalized spacial score (nSPS) is 13.9. The minimum absolute atomic E-state index is 0.365. The second-order valence-electron chi connectivity index (χ2n) is 19.3. The van der Waals surface area contributed by atoms with Gasteiger partial charge in [-0.25, -0.2) is 0 Å². The summed E-state index contributed by atoms with van der Waals surface area (Å²) < 4.78 is 0. The number of hydrogen-bond acceptors (Lipinski definition) is 5. The van der Waals surface area contributed by atoms with Gasteiger partial charge in [-0.2, -0.15) is 0 Å². The maximum atomic E-state index is 12.6. The summed E-state index contributed by atoms with van der Waals surface area (Å²) in [5, 5.41) is 44.0. The van der Waals surface area contributed by atoms with Crippen LogP contribution >= 0.6 is 0 Å². The van der Waals surface area contributed by atoms with Crippen LogP contribution in [0.3, 0.4) is 0 Å². The first-order chi connectivity index (χ1) is 30.0. The molecule has 6 heteroatoms. The van der Waals surface area contributed by atoms with E-state index in [1.165, 1.54) is 231 Å². The van der Waals surface area contributed by atoms with Crippen molar-refractivity contribution in [2.45, 2.75) is 327 Å². The molecule has 0 radical (unpaired) electrons. The summed E-state index contributed by atoms with van der Waals surface area (Å²) in [6, 6.07) is -0.986. The van der Waals surface area contributed by atoms with Gasteiger partial charge in [-0.3, -0.25) is 4.79 Å². The van der Waals surface area contributed by atoms with Gasteiger partial charge >= 0.3 is 0 Å². The number of aliphatic hydroxyl groups excluding tert-OH is 4. The Morgan fingerprint density at radius 3 is 0.951 bits per heavy atom. The molecule has 0 heterocycles. The first-order valence-corrected chi connectivity index (χ1v) is 27.6. The lowest BCUT2D eigenvalue weighted by Gasteiger charge is -2.27. The molecule has 0 aliphatic carbocycles. The lowest BCUT2D eigenvalue weighted by molar-refractivity contribution is -0.132. The topological polar surface area (TPSA) is 110 Å². The molecule has 6 nitrogen and oxygen atoms in total. The van der Waals surface area contributed by atoms with Gasteiger partial charge < -0.3 is 25.7 Å². The van der Waals surface area contributed by atoms with Gasteiger partial charge in [0.25, 0.3) is 0 Å². The molecule has 0 bridgehead atoms. The molecule has 0 aliphatic heterocycles. The predicted molar refractivity (Wildman–Crippen MR) is 265 cm³/mol. The zero-order valence-electron chi connectivity index (χ0n) is 41.2.